The van der Waals surface area contributed by atoms with Crippen molar-refractivity contribution in [3.05, 3.63) is 45.1 Å². The minimum atomic E-state index is -1.79. The summed E-state index contributed by atoms with van der Waals surface area (Å²) in [5.74, 6) is -8.27. The SMILES string of the molecule is COC(=O)/C(C)=C1\C(=O)[C@H](O)[C@]2(C)C3=C([C@H]4C[C@H]42)[C@H](O)[C@@H]2[C@]4(OC(=O)C5=C4C[C@H]4[C@](O)(COC(=O)/C=C(\C)COC(=O)CCC(=O)OC5)[C@H]5C[C@H]5[C@]24C)[C@H]31. The van der Waals surface area contributed by atoms with E-state index in [0.717, 1.165) is 0 Å². The van der Waals surface area contributed by atoms with Crippen LogP contribution < -0.4 is 0 Å². The van der Waals surface area contributed by atoms with Gasteiger partial charge >= 0.3 is 29.8 Å². The van der Waals surface area contributed by atoms with Gasteiger partial charge in [-0.1, -0.05) is 13.8 Å². The van der Waals surface area contributed by atoms with Crippen molar-refractivity contribution >= 4 is 35.6 Å². The predicted molar refractivity (Wildman–Crippen MR) is 180 cm³/mol. The highest BCUT2D eigenvalue weighted by molar-refractivity contribution is 6.09. The van der Waals surface area contributed by atoms with Crippen LogP contribution >= 0.6 is 0 Å². The van der Waals surface area contributed by atoms with Gasteiger partial charge in [-0.2, -0.15) is 0 Å². The molecule has 0 unspecified atom stereocenters. The highest BCUT2D eigenvalue weighted by atomic mass is 16.6. The standard InChI is InChI=1S/C40H44O14/c1-15-8-26(43)53-14-39(49)22-10-21(22)37(3)23(39)11-20-18(13-52-25(42)7-6-24(41)51-12-15)36(48)54-40(20)30-27(16(2)35(47)50-5)32(45)34(46)38(4)19-9-17(19)28(29(30)38)31(44)33(37)40/h8,17,19,21-23,30-31,33-34,44,46,49H,6-7,9-14H2,1-5H3/b15-8+,27-16-/t17-,19+,21+,22-,23+,30-,31-,33-,34-,37-,38-,39-,40+/m0/s1. The van der Waals surface area contributed by atoms with Crippen LogP contribution in [0.15, 0.2) is 45.1 Å². The summed E-state index contributed by atoms with van der Waals surface area (Å²) in [6, 6.07) is 0. The summed E-state index contributed by atoms with van der Waals surface area (Å²) in [5, 5.41) is 37.5. The van der Waals surface area contributed by atoms with Crippen LogP contribution in [-0.4, -0.2) is 101 Å². The van der Waals surface area contributed by atoms with Gasteiger partial charge in [0.2, 0.25) is 0 Å². The molecule has 14 heteroatoms. The summed E-state index contributed by atoms with van der Waals surface area (Å²) in [6.07, 6.45) is -1.15. The van der Waals surface area contributed by atoms with E-state index in [9.17, 15) is 44.1 Å². The number of fused-ring (bicyclic) bond motifs is 7. The molecule has 1 spiro atoms. The summed E-state index contributed by atoms with van der Waals surface area (Å²) in [5.41, 5.74) is -3.72. The second kappa shape index (κ2) is 11.2. The Balaban J connectivity index is 1.28. The number of cyclic esters (lactones) is 3. The monoisotopic (exact) mass is 748 g/mol. The molecule has 5 saturated carbocycles. The topological polar surface area (TPSA) is 209 Å². The molecule has 0 amide bonds. The van der Waals surface area contributed by atoms with Crippen LogP contribution in [0.25, 0.3) is 0 Å². The Bertz CT molecular complexity index is 2000. The number of Topliss-reactive ketones (excluding diaryl/α,β-unsaturated/α-hetero) is 1. The van der Waals surface area contributed by atoms with Gasteiger partial charge in [0.05, 0.1) is 37.5 Å². The summed E-state index contributed by atoms with van der Waals surface area (Å²) in [6.45, 7) is 5.61. The van der Waals surface area contributed by atoms with Crippen LogP contribution in [-0.2, 0) is 52.5 Å². The highest BCUT2D eigenvalue weighted by Gasteiger charge is 2.85. The van der Waals surface area contributed by atoms with Crippen LogP contribution in [0.2, 0.25) is 0 Å². The second-order valence-electron chi connectivity index (χ2n) is 17.4. The Morgan fingerprint density at radius 1 is 0.944 bits per heavy atom. The van der Waals surface area contributed by atoms with Gasteiger partial charge in [0.1, 0.15) is 31.5 Å². The first-order chi connectivity index (χ1) is 25.5. The number of carbonyl (C=O) groups is 6. The zero-order valence-corrected chi connectivity index (χ0v) is 30.8. The number of hydrogen-bond donors (Lipinski definition) is 3. The molecule has 0 aromatic heterocycles. The zero-order chi connectivity index (χ0) is 38.6. The first kappa shape index (κ1) is 35.6. The minimum Gasteiger partial charge on any atom is -0.466 e. The number of methoxy groups -OCH3 is 1. The molecule has 9 aliphatic rings. The number of aliphatic hydroxyl groups excluding tert-OH is 2. The second-order valence-corrected chi connectivity index (χ2v) is 17.4. The van der Waals surface area contributed by atoms with Gasteiger partial charge in [0.15, 0.2) is 11.4 Å². The number of ketones is 1. The number of esters is 5. The zero-order valence-electron chi connectivity index (χ0n) is 30.8. The summed E-state index contributed by atoms with van der Waals surface area (Å²) in [4.78, 5) is 80.8. The minimum absolute atomic E-state index is 0.00936. The maximum absolute atomic E-state index is 14.6. The molecule has 9 rings (SSSR count). The third kappa shape index (κ3) is 4.22. The van der Waals surface area contributed by atoms with Gasteiger partial charge in [0.25, 0.3) is 0 Å². The summed E-state index contributed by atoms with van der Waals surface area (Å²) in [7, 11) is 1.18. The van der Waals surface area contributed by atoms with Crippen LogP contribution in [0.1, 0.15) is 59.8 Å². The fraction of sp³-hybridized carbons (Fsp3) is 0.650. The van der Waals surface area contributed by atoms with E-state index < -0.39 is 101 Å². The number of ether oxygens (including phenoxy) is 5. The molecule has 0 aromatic carbocycles. The quantitative estimate of drug-likeness (QED) is 0.150. The van der Waals surface area contributed by atoms with Gasteiger partial charge in [-0.3, -0.25) is 14.4 Å². The van der Waals surface area contributed by atoms with E-state index in [-0.39, 0.29) is 66.3 Å². The largest absolute Gasteiger partial charge is 0.466 e. The van der Waals surface area contributed by atoms with Crippen LogP contribution in [0, 0.1) is 52.3 Å². The Morgan fingerprint density at radius 3 is 2.31 bits per heavy atom. The molecule has 7 aliphatic carbocycles. The van der Waals surface area contributed by atoms with Gasteiger partial charge < -0.3 is 39.0 Å². The molecule has 2 aliphatic heterocycles. The normalized spacial score (nSPS) is 48.0. The van der Waals surface area contributed by atoms with Crippen molar-refractivity contribution in [2.24, 2.45) is 52.3 Å². The fourth-order valence-electron chi connectivity index (χ4n) is 12.8. The maximum atomic E-state index is 14.6. The number of hydrogen-bond acceptors (Lipinski definition) is 14. The molecule has 14 nitrogen and oxygen atoms in total. The van der Waals surface area contributed by atoms with Crippen molar-refractivity contribution in [1.82, 2.24) is 0 Å². The molecule has 3 N–H and O–H groups in total. The van der Waals surface area contributed by atoms with Crippen molar-refractivity contribution in [2.45, 2.75) is 83.2 Å². The molecular weight excluding hydrogens is 704 g/mol. The van der Waals surface area contributed by atoms with E-state index in [4.69, 9.17) is 23.7 Å². The van der Waals surface area contributed by atoms with Gasteiger partial charge in [0, 0.05) is 34.5 Å². The van der Waals surface area contributed by atoms with Gasteiger partial charge in [-0.15, -0.1) is 0 Å². The summed E-state index contributed by atoms with van der Waals surface area (Å²) >= 11 is 0. The Morgan fingerprint density at radius 2 is 1.63 bits per heavy atom. The molecule has 13 atom stereocenters. The molecule has 5 fully saturated rings. The van der Waals surface area contributed by atoms with Crippen molar-refractivity contribution in [3.63, 3.8) is 0 Å². The van der Waals surface area contributed by atoms with Crippen molar-refractivity contribution in [3.8, 4) is 0 Å². The predicted octanol–water partition coefficient (Wildman–Crippen LogP) is 1.35. The molecule has 0 saturated heterocycles. The lowest BCUT2D eigenvalue weighted by molar-refractivity contribution is -0.206. The van der Waals surface area contributed by atoms with Gasteiger partial charge in [-0.25, -0.2) is 14.4 Å². The average Bonchev–Trinajstić information content (AvgIpc) is 4.05. The van der Waals surface area contributed by atoms with Crippen molar-refractivity contribution in [1.29, 1.82) is 0 Å². The Labute approximate surface area is 310 Å². The average molecular weight is 749 g/mol. The number of aliphatic hydroxyl groups is 3. The first-order valence-corrected chi connectivity index (χ1v) is 18.7. The van der Waals surface area contributed by atoms with Crippen molar-refractivity contribution in [2.75, 3.05) is 26.9 Å². The lowest BCUT2D eigenvalue weighted by Gasteiger charge is -2.64. The number of carbonyl (C=O) groups excluding carboxylic acids is 6. The highest BCUT2D eigenvalue weighted by Crippen LogP contribution is 2.83. The molecule has 0 radical (unpaired) electrons. The molecule has 288 valence electrons. The van der Waals surface area contributed by atoms with E-state index in [1.54, 1.807) is 13.8 Å². The maximum Gasteiger partial charge on any atom is 0.338 e. The Kier molecular flexibility index (Phi) is 7.39. The number of rotatable bonds is 1. The van der Waals surface area contributed by atoms with Crippen LogP contribution in [0.3, 0.4) is 0 Å². The summed E-state index contributed by atoms with van der Waals surface area (Å²) < 4.78 is 28.2. The molecule has 2 bridgehead atoms. The van der Waals surface area contributed by atoms with E-state index in [1.807, 2.05) is 6.92 Å². The van der Waals surface area contributed by atoms with E-state index >= 15 is 0 Å². The third-order valence-corrected chi connectivity index (χ3v) is 15.1. The van der Waals surface area contributed by atoms with E-state index in [2.05, 4.69) is 0 Å². The van der Waals surface area contributed by atoms with Crippen LogP contribution in [0.5, 0.6) is 0 Å². The van der Waals surface area contributed by atoms with Gasteiger partial charge in [-0.05, 0) is 84.5 Å². The molecule has 2 heterocycles. The molecule has 0 aromatic rings. The van der Waals surface area contributed by atoms with E-state index in [1.165, 1.54) is 20.1 Å². The lowest BCUT2D eigenvalue weighted by Crippen LogP contribution is -2.70. The fourth-order valence-corrected chi connectivity index (χ4v) is 12.8. The molecule has 54 heavy (non-hydrogen) atoms. The third-order valence-electron chi connectivity index (χ3n) is 15.1. The molecular formula is C40H44O14. The first-order valence-electron chi connectivity index (χ1n) is 18.7. The van der Waals surface area contributed by atoms with E-state index in [0.29, 0.717) is 35.1 Å². The lowest BCUT2D eigenvalue weighted by atomic mass is 9.41. The van der Waals surface area contributed by atoms with Crippen LogP contribution in [0.4, 0.5) is 0 Å². The Hall–Kier alpha value is -4.14. The smallest absolute Gasteiger partial charge is 0.338 e. The van der Waals surface area contributed by atoms with Crippen molar-refractivity contribution < 1.29 is 67.8 Å².